The van der Waals surface area contributed by atoms with Crippen LogP contribution in [-0.4, -0.2) is 62.8 Å². The van der Waals surface area contributed by atoms with Crippen LogP contribution in [0.25, 0.3) is 10.6 Å². The number of carbonyl (C=O) groups is 2. The fraction of sp³-hybridized carbons (Fsp3) is 0.545. The minimum Gasteiger partial charge on any atom is -0.444 e. The summed E-state index contributed by atoms with van der Waals surface area (Å²) in [6.45, 7) is 6.82. The highest BCUT2D eigenvalue weighted by Crippen LogP contribution is 2.34. The lowest BCUT2D eigenvalue weighted by Gasteiger charge is -2.39. The summed E-state index contributed by atoms with van der Waals surface area (Å²) < 4.78 is 5.49. The molecule has 0 radical (unpaired) electrons. The number of nitrogens with two attached hydrogens (primary N) is 1. The topological polar surface area (TPSA) is 102 Å². The summed E-state index contributed by atoms with van der Waals surface area (Å²) in [6, 6.07) is 7.92. The first-order valence-corrected chi connectivity index (χ1v) is 11.5. The van der Waals surface area contributed by atoms with Gasteiger partial charge in [-0.2, -0.15) is 0 Å². The number of hydrogen-bond donors (Lipinski definition) is 1. The van der Waals surface area contributed by atoms with Gasteiger partial charge in [0.05, 0.1) is 0 Å². The van der Waals surface area contributed by atoms with Gasteiger partial charge < -0.3 is 20.3 Å². The summed E-state index contributed by atoms with van der Waals surface area (Å²) in [5.74, 6) is 0.0570. The lowest BCUT2D eigenvalue weighted by Crippen LogP contribution is -2.50. The van der Waals surface area contributed by atoms with E-state index in [0.29, 0.717) is 29.8 Å². The van der Waals surface area contributed by atoms with E-state index in [-0.39, 0.29) is 18.0 Å². The third kappa shape index (κ3) is 5.15. The molecule has 2 aromatic rings. The Hall–Kier alpha value is -2.68. The SMILES string of the molecule is CC(C)(C)OC(=O)N1CCC(N(C(=O)c2ccc(-c3nnc(N)s3)cc2)C2CC2)CC1. The van der Waals surface area contributed by atoms with Gasteiger partial charge in [0.25, 0.3) is 5.91 Å². The average Bonchev–Trinajstić information content (AvgIpc) is 3.46. The van der Waals surface area contributed by atoms with Gasteiger partial charge in [0.1, 0.15) is 10.6 Å². The molecule has 2 heterocycles. The fourth-order valence-electron chi connectivity index (χ4n) is 3.89. The van der Waals surface area contributed by atoms with Crippen molar-refractivity contribution in [2.24, 2.45) is 0 Å². The van der Waals surface area contributed by atoms with E-state index in [1.54, 1.807) is 4.90 Å². The van der Waals surface area contributed by atoms with Crippen molar-refractivity contribution in [3.05, 3.63) is 29.8 Å². The number of benzene rings is 1. The average molecular weight is 444 g/mol. The van der Waals surface area contributed by atoms with Crippen molar-refractivity contribution in [2.45, 2.75) is 64.1 Å². The van der Waals surface area contributed by atoms with E-state index in [9.17, 15) is 9.59 Å². The highest BCUT2D eigenvalue weighted by Gasteiger charge is 2.39. The Balaban J connectivity index is 1.41. The van der Waals surface area contributed by atoms with Gasteiger partial charge in [0.15, 0.2) is 0 Å². The number of rotatable bonds is 4. The standard InChI is InChI=1S/C22H29N5O3S/c1-22(2,3)30-21(29)26-12-10-17(11-13-26)27(16-8-9-16)19(28)15-6-4-14(5-7-15)18-24-25-20(23)31-18/h4-7,16-17H,8-13H2,1-3H3,(H2,23,25). The van der Waals surface area contributed by atoms with E-state index in [4.69, 9.17) is 10.5 Å². The smallest absolute Gasteiger partial charge is 0.410 e. The highest BCUT2D eigenvalue weighted by atomic mass is 32.1. The lowest BCUT2D eigenvalue weighted by atomic mass is 10.0. The number of nitrogens with zero attached hydrogens (tertiary/aromatic N) is 4. The van der Waals surface area contributed by atoms with E-state index in [0.717, 1.165) is 36.3 Å². The Morgan fingerprint density at radius 1 is 1.06 bits per heavy atom. The van der Waals surface area contributed by atoms with Crippen molar-refractivity contribution in [1.29, 1.82) is 0 Å². The molecule has 1 saturated carbocycles. The molecule has 0 unspecified atom stereocenters. The van der Waals surface area contributed by atoms with Crippen LogP contribution in [0.5, 0.6) is 0 Å². The number of amides is 2. The van der Waals surface area contributed by atoms with E-state index in [2.05, 4.69) is 10.2 Å². The molecule has 2 N–H and O–H groups in total. The maximum Gasteiger partial charge on any atom is 0.410 e. The third-order valence-electron chi connectivity index (χ3n) is 5.50. The number of hydrogen-bond acceptors (Lipinski definition) is 7. The van der Waals surface area contributed by atoms with E-state index >= 15 is 0 Å². The normalized spacial score (nSPS) is 17.5. The number of ether oxygens (including phenoxy) is 1. The highest BCUT2D eigenvalue weighted by molar-refractivity contribution is 7.18. The summed E-state index contributed by atoms with van der Waals surface area (Å²) >= 11 is 1.32. The summed E-state index contributed by atoms with van der Waals surface area (Å²) in [4.78, 5) is 29.5. The lowest BCUT2D eigenvalue weighted by molar-refractivity contribution is 0.0142. The van der Waals surface area contributed by atoms with Crippen molar-refractivity contribution in [3.63, 3.8) is 0 Å². The Labute approximate surface area is 186 Å². The molecule has 4 rings (SSSR count). The van der Waals surface area contributed by atoms with Crippen LogP contribution in [-0.2, 0) is 4.74 Å². The summed E-state index contributed by atoms with van der Waals surface area (Å²) in [5.41, 5.74) is 6.73. The van der Waals surface area contributed by atoms with Crippen molar-refractivity contribution in [2.75, 3.05) is 18.8 Å². The van der Waals surface area contributed by atoms with Gasteiger partial charge >= 0.3 is 6.09 Å². The number of likely N-dealkylation sites (tertiary alicyclic amines) is 1. The Bertz CT molecular complexity index is 941. The second-order valence-electron chi connectivity index (χ2n) is 9.16. The largest absolute Gasteiger partial charge is 0.444 e. The molecule has 2 fully saturated rings. The first kappa shape index (κ1) is 21.5. The monoisotopic (exact) mass is 443 g/mol. The predicted octanol–water partition coefficient (Wildman–Crippen LogP) is 3.79. The first-order chi connectivity index (χ1) is 14.7. The number of aromatic nitrogens is 2. The van der Waals surface area contributed by atoms with E-state index in [1.165, 1.54) is 11.3 Å². The second kappa shape index (κ2) is 8.45. The molecule has 1 aromatic heterocycles. The molecule has 1 saturated heterocycles. The van der Waals surface area contributed by atoms with Crippen LogP contribution < -0.4 is 5.73 Å². The van der Waals surface area contributed by atoms with Gasteiger partial charge in [0.2, 0.25) is 5.13 Å². The van der Waals surface area contributed by atoms with Crippen LogP contribution in [0.4, 0.5) is 9.93 Å². The molecule has 8 nitrogen and oxygen atoms in total. The van der Waals surface area contributed by atoms with Gasteiger partial charge in [-0.1, -0.05) is 23.5 Å². The maximum atomic E-state index is 13.4. The molecular formula is C22H29N5O3S. The van der Waals surface area contributed by atoms with Crippen molar-refractivity contribution in [3.8, 4) is 10.6 Å². The predicted molar refractivity (Wildman–Crippen MR) is 120 cm³/mol. The van der Waals surface area contributed by atoms with Gasteiger partial charge in [-0.05, 0) is 58.6 Å². The second-order valence-corrected chi connectivity index (χ2v) is 10.2. The van der Waals surface area contributed by atoms with E-state index in [1.807, 2.05) is 49.9 Å². The van der Waals surface area contributed by atoms with Crippen LogP contribution in [0.2, 0.25) is 0 Å². The molecule has 31 heavy (non-hydrogen) atoms. The molecule has 2 aliphatic rings. The van der Waals surface area contributed by atoms with E-state index < -0.39 is 5.60 Å². The number of anilines is 1. The molecule has 9 heteroatoms. The molecule has 1 aliphatic carbocycles. The molecule has 1 aromatic carbocycles. The molecule has 166 valence electrons. The van der Waals surface area contributed by atoms with Crippen LogP contribution in [0.3, 0.4) is 0 Å². The van der Waals surface area contributed by atoms with Gasteiger partial charge in [-0.25, -0.2) is 4.79 Å². The van der Waals surface area contributed by atoms with Crippen LogP contribution in [0.1, 0.15) is 56.8 Å². The maximum absolute atomic E-state index is 13.4. The molecule has 0 atom stereocenters. The number of piperidine rings is 1. The molecular weight excluding hydrogens is 414 g/mol. The van der Waals surface area contributed by atoms with Crippen LogP contribution in [0.15, 0.2) is 24.3 Å². The molecule has 0 spiro atoms. The quantitative estimate of drug-likeness (QED) is 0.771. The molecule has 2 amide bonds. The molecule has 0 bridgehead atoms. The Morgan fingerprint density at radius 2 is 1.68 bits per heavy atom. The van der Waals surface area contributed by atoms with Gasteiger partial charge in [-0.15, -0.1) is 10.2 Å². The Kier molecular flexibility index (Phi) is 5.88. The number of carbonyl (C=O) groups excluding carboxylic acids is 2. The Morgan fingerprint density at radius 3 is 2.19 bits per heavy atom. The summed E-state index contributed by atoms with van der Waals surface area (Å²) in [7, 11) is 0. The van der Waals surface area contributed by atoms with Crippen LogP contribution >= 0.6 is 11.3 Å². The minimum atomic E-state index is -0.503. The first-order valence-electron chi connectivity index (χ1n) is 10.7. The summed E-state index contributed by atoms with van der Waals surface area (Å²) in [5, 5.41) is 9.06. The minimum absolute atomic E-state index is 0.0570. The van der Waals surface area contributed by atoms with Crippen molar-refractivity contribution in [1.82, 2.24) is 20.0 Å². The number of nitrogen functional groups attached to an aromatic ring is 1. The zero-order valence-electron chi connectivity index (χ0n) is 18.2. The molecule has 1 aliphatic heterocycles. The van der Waals surface area contributed by atoms with Crippen molar-refractivity contribution < 1.29 is 14.3 Å². The zero-order chi connectivity index (χ0) is 22.2. The van der Waals surface area contributed by atoms with Crippen LogP contribution in [0, 0.1) is 0 Å². The third-order valence-corrected chi connectivity index (χ3v) is 6.31. The summed E-state index contributed by atoms with van der Waals surface area (Å²) in [6.07, 6.45) is 3.34. The fourth-order valence-corrected chi connectivity index (χ4v) is 4.51. The van der Waals surface area contributed by atoms with Crippen molar-refractivity contribution >= 4 is 28.5 Å². The van der Waals surface area contributed by atoms with Gasteiger partial charge in [-0.3, -0.25) is 4.79 Å². The van der Waals surface area contributed by atoms with Gasteiger partial charge in [0, 0.05) is 36.3 Å². The zero-order valence-corrected chi connectivity index (χ0v) is 19.0.